The molecule has 0 saturated heterocycles. The van der Waals surface area contributed by atoms with Crippen LogP contribution in [0, 0.1) is 5.92 Å². The van der Waals surface area contributed by atoms with E-state index in [0.717, 1.165) is 38.5 Å². The average Bonchev–Trinajstić information content (AvgIpc) is 3.36. The van der Waals surface area contributed by atoms with Crippen LogP contribution in [0.5, 0.6) is 0 Å². The second-order valence-corrected chi connectivity index (χ2v) is 6.22. The molecule has 2 atom stereocenters. The third kappa shape index (κ3) is 5.10. The van der Waals surface area contributed by atoms with Crippen LogP contribution in [0.2, 0.25) is 0 Å². The highest BCUT2D eigenvalue weighted by Gasteiger charge is 2.34. The molecule has 2 rings (SSSR count). The van der Waals surface area contributed by atoms with Crippen molar-refractivity contribution in [1.29, 1.82) is 0 Å². The lowest BCUT2D eigenvalue weighted by molar-refractivity contribution is 0.0803. The molecule has 0 spiro atoms. The Morgan fingerprint density at radius 1 is 1.29 bits per heavy atom. The van der Waals surface area contributed by atoms with Crippen molar-refractivity contribution in [2.45, 2.75) is 44.7 Å². The van der Waals surface area contributed by atoms with Gasteiger partial charge in [0.2, 0.25) is 0 Å². The van der Waals surface area contributed by atoms with Crippen molar-refractivity contribution >= 4 is 0 Å². The molecule has 0 aliphatic heterocycles. The van der Waals surface area contributed by atoms with Crippen molar-refractivity contribution in [3.63, 3.8) is 0 Å². The number of methoxy groups -OCH3 is 1. The summed E-state index contributed by atoms with van der Waals surface area (Å²) < 4.78 is 5.30. The maximum atomic E-state index is 6.09. The van der Waals surface area contributed by atoms with Crippen LogP contribution in [0.15, 0.2) is 30.3 Å². The average molecular weight is 290 g/mol. The van der Waals surface area contributed by atoms with Crippen molar-refractivity contribution in [3.8, 4) is 0 Å². The summed E-state index contributed by atoms with van der Waals surface area (Å²) in [6.45, 7) is 4.87. The number of nitrogens with two attached hydrogens (primary N) is 1. The SMILES string of the molecule is COCCN(C(CN)CCc1ccccc1)C(C)C1CC1. The first-order chi connectivity index (χ1) is 10.3. The minimum absolute atomic E-state index is 0.455. The van der Waals surface area contributed by atoms with Crippen LogP contribution < -0.4 is 5.73 Å². The Labute approximate surface area is 129 Å². The third-order valence-corrected chi connectivity index (χ3v) is 4.73. The summed E-state index contributed by atoms with van der Waals surface area (Å²) in [4.78, 5) is 2.59. The van der Waals surface area contributed by atoms with Gasteiger partial charge in [0.15, 0.2) is 0 Å². The molecular weight excluding hydrogens is 260 g/mol. The second kappa shape index (κ2) is 8.52. The molecule has 1 aliphatic rings. The van der Waals surface area contributed by atoms with E-state index in [0.29, 0.717) is 12.1 Å². The number of nitrogens with zero attached hydrogens (tertiary/aromatic N) is 1. The molecule has 0 aromatic heterocycles. The summed E-state index contributed by atoms with van der Waals surface area (Å²) in [7, 11) is 1.78. The maximum Gasteiger partial charge on any atom is 0.0589 e. The van der Waals surface area contributed by atoms with E-state index < -0.39 is 0 Å². The minimum atomic E-state index is 0.455. The Bertz CT molecular complexity index is 391. The van der Waals surface area contributed by atoms with E-state index in [1.165, 1.54) is 18.4 Å². The van der Waals surface area contributed by atoms with Crippen LogP contribution in [-0.4, -0.2) is 43.8 Å². The third-order valence-electron chi connectivity index (χ3n) is 4.73. The molecule has 2 N–H and O–H groups in total. The summed E-state index contributed by atoms with van der Waals surface area (Å²) in [5.74, 6) is 0.868. The van der Waals surface area contributed by atoms with Crippen molar-refractivity contribution in [3.05, 3.63) is 35.9 Å². The van der Waals surface area contributed by atoms with E-state index in [4.69, 9.17) is 10.5 Å². The molecule has 1 aromatic rings. The molecule has 0 heterocycles. The lowest BCUT2D eigenvalue weighted by atomic mass is 10.0. The molecule has 3 nitrogen and oxygen atoms in total. The lowest BCUT2D eigenvalue weighted by Crippen LogP contribution is -2.48. The molecule has 0 amide bonds. The molecule has 21 heavy (non-hydrogen) atoms. The Hall–Kier alpha value is -0.900. The van der Waals surface area contributed by atoms with Crippen molar-refractivity contribution < 1.29 is 4.74 Å². The number of benzene rings is 1. The number of hydrogen-bond acceptors (Lipinski definition) is 3. The van der Waals surface area contributed by atoms with Gasteiger partial charge in [-0.3, -0.25) is 4.90 Å². The van der Waals surface area contributed by atoms with Gasteiger partial charge in [-0.1, -0.05) is 30.3 Å². The number of rotatable bonds is 10. The number of ether oxygens (including phenoxy) is 1. The van der Waals surface area contributed by atoms with Crippen LogP contribution in [0.1, 0.15) is 31.7 Å². The molecular formula is C18H30N2O. The zero-order valence-corrected chi connectivity index (χ0v) is 13.5. The summed E-state index contributed by atoms with van der Waals surface area (Å²) in [5, 5.41) is 0. The molecule has 0 bridgehead atoms. The number of aryl methyl sites for hydroxylation is 1. The van der Waals surface area contributed by atoms with E-state index >= 15 is 0 Å². The van der Waals surface area contributed by atoms with Gasteiger partial charge in [0.1, 0.15) is 0 Å². The quantitative estimate of drug-likeness (QED) is 0.720. The predicted octanol–water partition coefficient (Wildman–Crippen LogP) is 2.69. The summed E-state index contributed by atoms with van der Waals surface area (Å²) in [5.41, 5.74) is 7.49. The Morgan fingerprint density at radius 3 is 2.57 bits per heavy atom. The van der Waals surface area contributed by atoms with Gasteiger partial charge in [0, 0.05) is 32.3 Å². The summed E-state index contributed by atoms with van der Waals surface area (Å²) in [6.07, 6.45) is 4.98. The highest BCUT2D eigenvalue weighted by atomic mass is 16.5. The van der Waals surface area contributed by atoms with Gasteiger partial charge in [0.25, 0.3) is 0 Å². The van der Waals surface area contributed by atoms with Crippen molar-refractivity contribution in [2.75, 3.05) is 26.8 Å². The molecule has 2 unspecified atom stereocenters. The Kier molecular flexibility index (Phi) is 6.68. The van der Waals surface area contributed by atoms with Gasteiger partial charge >= 0.3 is 0 Å². The summed E-state index contributed by atoms with van der Waals surface area (Å²) in [6, 6.07) is 11.8. The minimum Gasteiger partial charge on any atom is -0.383 e. The van der Waals surface area contributed by atoms with Gasteiger partial charge in [-0.25, -0.2) is 0 Å². The zero-order valence-electron chi connectivity index (χ0n) is 13.5. The standard InChI is InChI=1S/C18H30N2O/c1-15(17-9-10-17)20(12-13-21-2)18(14-19)11-8-16-6-4-3-5-7-16/h3-7,15,17-18H,8-14,19H2,1-2H3. The normalized spacial score (nSPS) is 17.9. The Balaban J connectivity index is 1.93. The molecule has 1 aliphatic carbocycles. The van der Waals surface area contributed by atoms with Crippen LogP contribution in [-0.2, 0) is 11.2 Å². The van der Waals surface area contributed by atoms with Gasteiger partial charge in [-0.15, -0.1) is 0 Å². The summed E-state index contributed by atoms with van der Waals surface area (Å²) >= 11 is 0. The van der Waals surface area contributed by atoms with E-state index in [1.807, 2.05) is 0 Å². The fourth-order valence-electron chi connectivity index (χ4n) is 3.16. The molecule has 118 valence electrons. The first-order valence-electron chi connectivity index (χ1n) is 8.25. The Morgan fingerprint density at radius 2 is 2.00 bits per heavy atom. The molecule has 1 fully saturated rings. The maximum absolute atomic E-state index is 6.09. The fraction of sp³-hybridized carbons (Fsp3) is 0.667. The van der Waals surface area contributed by atoms with Gasteiger partial charge in [-0.05, 0) is 44.1 Å². The molecule has 1 saturated carbocycles. The predicted molar refractivity (Wildman–Crippen MR) is 88.4 cm³/mol. The fourth-order valence-corrected chi connectivity index (χ4v) is 3.16. The van der Waals surface area contributed by atoms with E-state index in [9.17, 15) is 0 Å². The van der Waals surface area contributed by atoms with E-state index in [2.05, 4.69) is 42.2 Å². The number of hydrogen-bond donors (Lipinski definition) is 1. The molecule has 3 heteroatoms. The topological polar surface area (TPSA) is 38.5 Å². The van der Waals surface area contributed by atoms with Crippen molar-refractivity contribution in [1.82, 2.24) is 4.90 Å². The molecule has 1 aromatic carbocycles. The van der Waals surface area contributed by atoms with Gasteiger partial charge in [0.05, 0.1) is 6.61 Å². The molecule has 0 radical (unpaired) electrons. The van der Waals surface area contributed by atoms with Gasteiger partial charge < -0.3 is 10.5 Å². The zero-order chi connectivity index (χ0) is 15.1. The van der Waals surface area contributed by atoms with E-state index in [1.54, 1.807) is 7.11 Å². The second-order valence-electron chi connectivity index (χ2n) is 6.22. The van der Waals surface area contributed by atoms with E-state index in [-0.39, 0.29) is 0 Å². The smallest absolute Gasteiger partial charge is 0.0589 e. The van der Waals surface area contributed by atoms with Crippen LogP contribution in [0.25, 0.3) is 0 Å². The first-order valence-corrected chi connectivity index (χ1v) is 8.25. The van der Waals surface area contributed by atoms with Crippen LogP contribution >= 0.6 is 0 Å². The largest absolute Gasteiger partial charge is 0.383 e. The van der Waals surface area contributed by atoms with Crippen molar-refractivity contribution in [2.24, 2.45) is 11.7 Å². The van der Waals surface area contributed by atoms with Crippen LogP contribution in [0.3, 0.4) is 0 Å². The highest BCUT2D eigenvalue weighted by molar-refractivity contribution is 5.14. The van der Waals surface area contributed by atoms with Gasteiger partial charge in [-0.2, -0.15) is 0 Å². The first kappa shape index (κ1) is 16.5. The van der Waals surface area contributed by atoms with Crippen LogP contribution in [0.4, 0.5) is 0 Å². The lowest BCUT2D eigenvalue weighted by Gasteiger charge is -2.36. The monoisotopic (exact) mass is 290 g/mol. The highest BCUT2D eigenvalue weighted by Crippen LogP contribution is 2.36.